The van der Waals surface area contributed by atoms with E-state index < -0.39 is 10.0 Å². The normalized spacial score (nSPS) is 12.3. The second-order valence-electron chi connectivity index (χ2n) is 5.18. The summed E-state index contributed by atoms with van der Waals surface area (Å²) in [5.74, 6) is 5.43. The molecule has 21 heavy (non-hydrogen) atoms. The first kappa shape index (κ1) is 15.9. The number of sulfonamides is 1. The first-order chi connectivity index (χ1) is 9.87. The third-order valence-electron chi connectivity index (χ3n) is 3.09. The number of pyridine rings is 1. The number of rotatable bonds is 6. The zero-order valence-corrected chi connectivity index (χ0v) is 13.5. The van der Waals surface area contributed by atoms with Crippen molar-refractivity contribution in [1.82, 2.24) is 9.71 Å². The van der Waals surface area contributed by atoms with E-state index in [-0.39, 0.29) is 22.7 Å². The smallest absolute Gasteiger partial charge is 0.244 e. The minimum absolute atomic E-state index is 0.0366. The van der Waals surface area contributed by atoms with Crippen molar-refractivity contribution in [1.29, 1.82) is 0 Å². The Hall–Kier alpha value is -1.48. The van der Waals surface area contributed by atoms with Gasteiger partial charge in [-0.15, -0.1) is 11.3 Å². The second kappa shape index (κ2) is 6.10. The first-order valence-electron chi connectivity index (χ1n) is 6.32. The lowest BCUT2D eigenvalue weighted by Gasteiger charge is -2.23. The van der Waals surface area contributed by atoms with Crippen LogP contribution in [-0.4, -0.2) is 19.9 Å². The van der Waals surface area contributed by atoms with E-state index in [1.807, 2.05) is 31.4 Å². The highest BCUT2D eigenvalue weighted by Crippen LogP contribution is 2.27. The number of aromatic nitrogens is 1. The van der Waals surface area contributed by atoms with Crippen LogP contribution in [-0.2, 0) is 15.4 Å². The van der Waals surface area contributed by atoms with Crippen molar-refractivity contribution in [2.75, 3.05) is 12.0 Å². The van der Waals surface area contributed by atoms with Gasteiger partial charge in [0.15, 0.2) is 5.82 Å². The Morgan fingerprint density at radius 2 is 2.10 bits per heavy atom. The van der Waals surface area contributed by atoms with Crippen LogP contribution in [0.2, 0.25) is 0 Å². The molecule has 0 amide bonds. The third kappa shape index (κ3) is 3.59. The topological polar surface area (TPSA) is 97.1 Å². The van der Waals surface area contributed by atoms with Crippen molar-refractivity contribution in [3.63, 3.8) is 0 Å². The number of nitrogens with one attached hydrogen (secondary N) is 2. The Morgan fingerprint density at radius 1 is 1.33 bits per heavy atom. The number of nitrogen functional groups attached to an aromatic ring is 1. The van der Waals surface area contributed by atoms with Gasteiger partial charge in [-0.25, -0.2) is 24.0 Å². The molecule has 2 heterocycles. The Morgan fingerprint density at radius 3 is 2.71 bits per heavy atom. The standard InChI is InChI=1S/C13H18N4O2S2/c1-13(2,11-6-4-8-20-11)9-16-21(18,19)10-5-3-7-15-12(10)17-14/h3-8,16H,9,14H2,1-2H3,(H,15,17). The molecule has 0 aliphatic carbocycles. The van der Waals surface area contributed by atoms with Crippen molar-refractivity contribution >= 4 is 27.2 Å². The van der Waals surface area contributed by atoms with Gasteiger partial charge in [-0.2, -0.15) is 0 Å². The number of anilines is 1. The number of hydrogen-bond acceptors (Lipinski definition) is 6. The summed E-state index contributed by atoms with van der Waals surface area (Å²) in [5.41, 5.74) is 2.01. The Bertz CT molecular complexity index is 697. The van der Waals surface area contributed by atoms with Crippen LogP contribution in [0.1, 0.15) is 18.7 Å². The van der Waals surface area contributed by atoms with Crippen LogP contribution in [0.5, 0.6) is 0 Å². The summed E-state index contributed by atoms with van der Waals surface area (Å²) in [6.45, 7) is 4.27. The fraction of sp³-hybridized carbons (Fsp3) is 0.308. The summed E-state index contributed by atoms with van der Waals surface area (Å²) in [6, 6.07) is 6.96. The summed E-state index contributed by atoms with van der Waals surface area (Å²) >= 11 is 1.60. The SMILES string of the molecule is CC(C)(CNS(=O)(=O)c1cccnc1NN)c1cccs1. The van der Waals surface area contributed by atoms with Gasteiger partial charge in [-0.05, 0) is 23.6 Å². The summed E-state index contributed by atoms with van der Waals surface area (Å²) in [5, 5.41) is 1.98. The molecule has 4 N–H and O–H groups in total. The van der Waals surface area contributed by atoms with E-state index in [0.717, 1.165) is 4.88 Å². The molecule has 2 aromatic rings. The maximum atomic E-state index is 12.4. The largest absolute Gasteiger partial charge is 0.307 e. The van der Waals surface area contributed by atoms with Crippen molar-refractivity contribution in [2.45, 2.75) is 24.2 Å². The zero-order valence-electron chi connectivity index (χ0n) is 11.8. The van der Waals surface area contributed by atoms with E-state index in [4.69, 9.17) is 5.84 Å². The molecule has 0 bridgehead atoms. The Labute approximate surface area is 128 Å². The maximum absolute atomic E-state index is 12.4. The lowest BCUT2D eigenvalue weighted by atomic mass is 9.92. The van der Waals surface area contributed by atoms with Gasteiger partial charge >= 0.3 is 0 Å². The highest BCUT2D eigenvalue weighted by Gasteiger charge is 2.26. The molecule has 0 aromatic carbocycles. The molecule has 0 unspecified atom stereocenters. The zero-order chi connectivity index (χ0) is 15.5. The Kier molecular flexibility index (Phi) is 4.62. The van der Waals surface area contributed by atoms with Gasteiger partial charge in [-0.3, -0.25) is 0 Å². The van der Waals surface area contributed by atoms with Crippen LogP contribution in [0.25, 0.3) is 0 Å². The van der Waals surface area contributed by atoms with Gasteiger partial charge in [0.1, 0.15) is 4.90 Å². The molecule has 6 nitrogen and oxygen atoms in total. The van der Waals surface area contributed by atoms with E-state index in [9.17, 15) is 8.42 Å². The summed E-state index contributed by atoms with van der Waals surface area (Å²) in [7, 11) is -3.68. The van der Waals surface area contributed by atoms with Crippen molar-refractivity contribution in [3.8, 4) is 0 Å². The highest BCUT2D eigenvalue weighted by atomic mass is 32.2. The third-order valence-corrected chi connectivity index (χ3v) is 5.76. The van der Waals surface area contributed by atoms with E-state index in [1.54, 1.807) is 17.4 Å². The van der Waals surface area contributed by atoms with E-state index in [0.29, 0.717) is 0 Å². The van der Waals surface area contributed by atoms with Crippen LogP contribution in [0.3, 0.4) is 0 Å². The molecule has 0 atom stereocenters. The molecule has 0 radical (unpaired) electrons. The molecule has 2 aromatic heterocycles. The van der Waals surface area contributed by atoms with Gasteiger partial charge in [0.25, 0.3) is 0 Å². The second-order valence-corrected chi connectivity index (χ2v) is 7.86. The molecule has 2 rings (SSSR count). The average Bonchev–Trinajstić information content (AvgIpc) is 3.00. The molecule has 0 spiro atoms. The van der Waals surface area contributed by atoms with Crippen molar-refractivity contribution in [3.05, 3.63) is 40.7 Å². The van der Waals surface area contributed by atoms with Crippen LogP contribution < -0.4 is 16.0 Å². The van der Waals surface area contributed by atoms with Crippen LogP contribution in [0.15, 0.2) is 40.7 Å². The van der Waals surface area contributed by atoms with Crippen molar-refractivity contribution < 1.29 is 8.42 Å². The van der Waals surface area contributed by atoms with E-state index in [1.165, 1.54) is 12.3 Å². The highest BCUT2D eigenvalue weighted by molar-refractivity contribution is 7.89. The molecule has 0 aliphatic heterocycles. The number of thiophene rings is 1. The van der Waals surface area contributed by atoms with Gasteiger partial charge < -0.3 is 5.43 Å². The molecule has 8 heteroatoms. The molecular weight excluding hydrogens is 308 g/mol. The summed E-state index contributed by atoms with van der Waals surface area (Å²) < 4.78 is 27.4. The maximum Gasteiger partial charge on any atom is 0.244 e. The quantitative estimate of drug-likeness (QED) is 0.554. The minimum atomic E-state index is -3.68. The van der Waals surface area contributed by atoms with E-state index in [2.05, 4.69) is 15.1 Å². The number of nitrogens with two attached hydrogens (primary N) is 1. The predicted molar refractivity (Wildman–Crippen MR) is 84.6 cm³/mol. The van der Waals surface area contributed by atoms with E-state index >= 15 is 0 Å². The summed E-state index contributed by atoms with van der Waals surface area (Å²) in [6.07, 6.45) is 1.48. The van der Waals surface area contributed by atoms with Gasteiger partial charge in [0, 0.05) is 23.0 Å². The molecule has 0 saturated carbocycles. The lowest BCUT2D eigenvalue weighted by molar-refractivity contribution is 0.509. The summed E-state index contributed by atoms with van der Waals surface area (Å²) in [4.78, 5) is 5.06. The lowest BCUT2D eigenvalue weighted by Crippen LogP contribution is -2.36. The Balaban J connectivity index is 2.19. The molecule has 0 fully saturated rings. The monoisotopic (exact) mass is 326 g/mol. The molecular formula is C13H18N4O2S2. The fourth-order valence-corrected chi connectivity index (χ4v) is 4.00. The molecule has 114 valence electrons. The number of hydrazine groups is 1. The van der Waals surface area contributed by atoms with Crippen LogP contribution in [0, 0.1) is 0 Å². The van der Waals surface area contributed by atoms with Gasteiger partial charge in [0.2, 0.25) is 10.0 Å². The first-order valence-corrected chi connectivity index (χ1v) is 8.68. The van der Waals surface area contributed by atoms with Crippen LogP contribution in [0.4, 0.5) is 5.82 Å². The predicted octanol–water partition coefficient (Wildman–Crippen LogP) is 1.68. The van der Waals surface area contributed by atoms with Gasteiger partial charge in [-0.1, -0.05) is 19.9 Å². The van der Waals surface area contributed by atoms with Crippen molar-refractivity contribution in [2.24, 2.45) is 5.84 Å². The van der Waals surface area contributed by atoms with Crippen LogP contribution >= 0.6 is 11.3 Å². The number of hydrogen-bond donors (Lipinski definition) is 3. The molecule has 0 saturated heterocycles. The van der Waals surface area contributed by atoms with Gasteiger partial charge in [0.05, 0.1) is 0 Å². The number of nitrogens with zero attached hydrogens (tertiary/aromatic N) is 1. The fourth-order valence-electron chi connectivity index (χ4n) is 1.82. The minimum Gasteiger partial charge on any atom is -0.307 e. The molecule has 0 aliphatic rings. The average molecular weight is 326 g/mol.